The zero-order valence-corrected chi connectivity index (χ0v) is 8.72. The molecule has 82 valence electrons. The van der Waals surface area contributed by atoms with Gasteiger partial charge in [0.2, 0.25) is 5.91 Å². The molecule has 0 atom stereocenters. The Morgan fingerprint density at radius 2 is 2.20 bits per heavy atom. The van der Waals surface area contributed by atoms with Crippen molar-refractivity contribution in [3.8, 4) is 0 Å². The minimum absolute atomic E-state index is 0.0346. The minimum Gasteiger partial charge on any atom is -0.352 e. The summed E-state index contributed by atoms with van der Waals surface area (Å²) in [5.41, 5.74) is 0. The first-order chi connectivity index (χ1) is 7.34. The van der Waals surface area contributed by atoms with Crippen LogP contribution in [0, 0.1) is 0 Å². The van der Waals surface area contributed by atoms with Gasteiger partial charge in [-0.1, -0.05) is 19.3 Å². The van der Waals surface area contributed by atoms with E-state index in [1.807, 2.05) is 0 Å². The van der Waals surface area contributed by atoms with Crippen LogP contribution < -0.4 is 5.32 Å². The Morgan fingerprint density at radius 1 is 1.40 bits per heavy atom. The standard InChI is InChI=1S/C10H16N4O/c15-10(6-14-8-11-7-12-14)13-9-4-2-1-3-5-9/h7-9H,1-6H2,(H,13,15). The largest absolute Gasteiger partial charge is 0.352 e. The molecule has 1 aromatic heterocycles. The van der Waals surface area contributed by atoms with E-state index in [4.69, 9.17) is 0 Å². The molecule has 1 aliphatic rings. The first kappa shape index (κ1) is 10.1. The maximum Gasteiger partial charge on any atom is 0.242 e. The molecule has 1 saturated carbocycles. The zero-order valence-electron chi connectivity index (χ0n) is 8.72. The summed E-state index contributed by atoms with van der Waals surface area (Å²) in [6, 6.07) is 0.370. The van der Waals surface area contributed by atoms with E-state index in [1.54, 1.807) is 6.33 Å². The number of amides is 1. The number of rotatable bonds is 3. The summed E-state index contributed by atoms with van der Waals surface area (Å²) in [4.78, 5) is 15.4. The van der Waals surface area contributed by atoms with Crippen LogP contribution in [0.2, 0.25) is 0 Å². The van der Waals surface area contributed by atoms with E-state index >= 15 is 0 Å². The van der Waals surface area contributed by atoms with E-state index in [9.17, 15) is 4.79 Å². The van der Waals surface area contributed by atoms with Crippen LogP contribution in [0.1, 0.15) is 32.1 Å². The normalized spacial score (nSPS) is 17.6. The molecule has 0 spiro atoms. The number of hydrogen-bond acceptors (Lipinski definition) is 3. The molecule has 1 aromatic rings. The highest BCUT2D eigenvalue weighted by Gasteiger charge is 2.15. The van der Waals surface area contributed by atoms with Gasteiger partial charge in [-0.2, -0.15) is 5.10 Å². The van der Waals surface area contributed by atoms with Crippen molar-refractivity contribution >= 4 is 5.91 Å². The third kappa shape index (κ3) is 3.04. The Labute approximate surface area is 88.9 Å². The van der Waals surface area contributed by atoms with Gasteiger partial charge in [-0.25, -0.2) is 9.67 Å². The molecule has 5 nitrogen and oxygen atoms in total. The van der Waals surface area contributed by atoms with Crippen LogP contribution in [-0.2, 0) is 11.3 Å². The van der Waals surface area contributed by atoms with Crippen LogP contribution in [-0.4, -0.2) is 26.7 Å². The number of nitrogens with one attached hydrogen (secondary N) is 1. The van der Waals surface area contributed by atoms with Crippen molar-refractivity contribution in [3.63, 3.8) is 0 Å². The minimum atomic E-state index is 0.0346. The van der Waals surface area contributed by atoms with Gasteiger partial charge < -0.3 is 5.32 Å². The third-order valence-corrected chi connectivity index (χ3v) is 2.74. The predicted molar refractivity (Wildman–Crippen MR) is 55.0 cm³/mol. The van der Waals surface area contributed by atoms with Crippen molar-refractivity contribution in [1.29, 1.82) is 0 Å². The molecule has 0 aromatic carbocycles. The van der Waals surface area contributed by atoms with Crippen LogP contribution in [0.3, 0.4) is 0 Å². The summed E-state index contributed by atoms with van der Waals surface area (Å²) < 4.78 is 1.54. The molecule has 5 heteroatoms. The third-order valence-electron chi connectivity index (χ3n) is 2.74. The molecule has 1 aliphatic carbocycles. The van der Waals surface area contributed by atoms with Gasteiger partial charge in [0, 0.05) is 6.04 Å². The fourth-order valence-corrected chi connectivity index (χ4v) is 1.98. The number of carbonyl (C=O) groups is 1. The highest BCUT2D eigenvalue weighted by Crippen LogP contribution is 2.17. The molecule has 1 amide bonds. The Hall–Kier alpha value is -1.39. The van der Waals surface area contributed by atoms with E-state index in [2.05, 4.69) is 15.4 Å². The van der Waals surface area contributed by atoms with Gasteiger partial charge in [0.1, 0.15) is 19.2 Å². The number of nitrogens with zero attached hydrogens (tertiary/aromatic N) is 3. The van der Waals surface area contributed by atoms with E-state index in [0.29, 0.717) is 6.04 Å². The summed E-state index contributed by atoms with van der Waals surface area (Å²) in [5.74, 6) is 0.0346. The van der Waals surface area contributed by atoms with Crippen molar-refractivity contribution in [3.05, 3.63) is 12.7 Å². The summed E-state index contributed by atoms with van der Waals surface area (Å²) in [5, 5.41) is 6.92. The second-order valence-electron chi connectivity index (χ2n) is 4.00. The maximum absolute atomic E-state index is 11.6. The quantitative estimate of drug-likeness (QED) is 0.796. The molecule has 0 radical (unpaired) electrons. The highest BCUT2D eigenvalue weighted by molar-refractivity contribution is 5.75. The smallest absolute Gasteiger partial charge is 0.242 e. The Kier molecular flexibility index (Phi) is 3.32. The van der Waals surface area contributed by atoms with Gasteiger partial charge in [-0.05, 0) is 12.8 Å². The van der Waals surface area contributed by atoms with Gasteiger partial charge in [0.25, 0.3) is 0 Å². The number of hydrogen-bond donors (Lipinski definition) is 1. The molecule has 1 heterocycles. The van der Waals surface area contributed by atoms with Gasteiger partial charge in [-0.15, -0.1) is 0 Å². The molecule has 15 heavy (non-hydrogen) atoms. The lowest BCUT2D eigenvalue weighted by Crippen LogP contribution is -2.38. The van der Waals surface area contributed by atoms with Gasteiger partial charge in [-0.3, -0.25) is 4.79 Å². The lowest BCUT2D eigenvalue weighted by Gasteiger charge is -2.22. The zero-order chi connectivity index (χ0) is 10.5. The molecular formula is C10H16N4O. The monoisotopic (exact) mass is 208 g/mol. The second-order valence-corrected chi connectivity index (χ2v) is 4.00. The Morgan fingerprint density at radius 3 is 2.87 bits per heavy atom. The van der Waals surface area contributed by atoms with Crippen LogP contribution >= 0.6 is 0 Å². The average Bonchev–Trinajstić information content (AvgIpc) is 2.71. The lowest BCUT2D eigenvalue weighted by molar-refractivity contribution is -0.122. The van der Waals surface area contributed by atoms with Crippen molar-refractivity contribution in [1.82, 2.24) is 20.1 Å². The highest BCUT2D eigenvalue weighted by atomic mass is 16.2. The van der Waals surface area contributed by atoms with Crippen LogP contribution in [0.25, 0.3) is 0 Å². The number of carbonyl (C=O) groups excluding carboxylic acids is 1. The molecule has 0 bridgehead atoms. The summed E-state index contributed by atoms with van der Waals surface area (Å²) in [6.45, 7) is 0.274. The Balaban J connectivity index is 1.76. The predicted octanol–water partition coefficient (Wildman–Crippen LogP) is 0.727. The molecule has 1 N–H and O–H groups in total. The van der Waals surface area contributed by atoms with Crippen LogP contribution in [0.5, 0.6) is 0 Å². The van der Waals surface area contributed by atoms with E-state index in [1.165, 1.54) is 30.3 Å². The first-order valence-corrected chi connectivity index (χ1v) is 5.46. The number of aromatic nitrogens is 3. The Bertz CT molecular complexity index is 303. The van der Waals surface area contributed by atoms with E-state index < -0.39 is 0 Å². The molecule has 0 unspecified atom stereocenters. The van der Waals surface area contributed by atoms with Gasteiger partial charge >= 0.3 is 0 Å². The van der Waals surface area contributed by atoms with Crippen molar-refractivity contribution < 1.29 is 4.79 Å². The molecule has 1 fully saturated rings. The average molecular weight is 208 g/mol. The topological polar surface area (TPSA) is 59.8 Å². The van der Waals surface area contributed by atoms with Crippen molar-refractivity contribution in [2.75, 3.05) is 0 Å². The maximum atomic E-state index is 11.6. The summed E-state index contributed by atoms with van der Waals surface area (Å²) in [6.07, 6.45) is 8.98. The van der Waals surface area contributed by atoms with Gasteiger partial charge in [0.15, 0.2) is 0 Å². The lowest BCUT2D eigenvalue weighted by atomic mass is 9.95. The van der Waals surface area contributed by atoms with Crippen molar-refractivity contribution in [2.24, 2.45) is 0 Å². The van der Waals surface area contributed by atoms with Gasteiger partial charge in [0.05, 0.1) is 0 Å². The molecule has 0 saturated heterocycles. The van der Waals surface area contributed by atoms with Crippen LogP contribution in [0.15, 0.2) is 12.7 Å². The SMILES string of the molecule is O=C(Cn1cncn1)NC1CCCCC1. The molecule has 0 aliphatic heterocycles. The first-order valence-electron chi connectivity index (χ1n) is 5.46. The van der Waals surface area contributed by atoms with E-state index in [-0.39, 0.29) is 12.5 Å². The summed E-state index contributed by atoms with van der Waals surface area (Å²) >= 11 is 0. The van der Waals surface area contributed by atoms with Crippen molar-refractivity contribution in [2.45, 2.75) is 44.7 Å². The molecular weight excluding hydrogens is 192 g/mol. The fourth-order valence-electron chi connectivity index (χ4n) is 1.98. The van der Waals surface area contributed by atoms with E-state index in [0.717, 1.165) is 12.8 Å². The van der Waals surface area contributed by atoms with Crippen LogP contribution in [0.4, 0.5) is 0 Å². The second kappa shape index (κ2) is 4.91. The summed E-state index contributed by atoms with van der Waals surface area (Å²) in [7, 11) is 0. The fraction of sp³-hybridized carbons (Fsp3) is 0.700. The molecule has 2 rings (SSSR count).